The zero-order valence-electron chi connectivity index (χ0n) is 14.8. The summed E-state index contributed by atoms with van der Waals surface area (Å²) < 4.78 is 12.3. The van der Waals surface area contributed by atoms with E-state index in [9.17, 15) is 0 Å². The molecule has 1 heterocycles. The molecule has 0 aliphatic heterocycles. The van der Waals surface area contributed by atoms with Crippen molar-refractivity contribution in [2.45, 2.75) is 12.8 Å². The highest BCUT2D eigenvalue weighted by atomic mass is 35.5. The predicted molar refractivity (Wildman–Crippen MR) is 103 cm³/mol. The Morgan fingerprint density at radius 2 is 1.92 bits per heavy atom. The first-order valence-corrected chi connectivity index (χ1v) is 8.68. The largest absolute Gasteiger partial charge is 0.493 e. The van der Waals surface area contributed by atoms with E-state index < -0.39 is 0 Å². The highest BCUT2D eigenvalue weighted by Gasteiger charge is 2.07. The first kappa shape index (κ1) is 18.1. The number of halogens is 1. The second-order valence-corrected chi connectivity index (χ2v) is 6.16. The number of rotatable bonds is 8. The van der Waals surface area contributed by atoms with Crippen LogP contribution in [0.2, 0.25) is 5.02 Å². The summed E-state index contributed by atoms with van der Waals surface area (Å²) in [5, 5.41) is 8.30. The topological polar surface area (TPSA) is 61.2 Å². The molecule has 0 unspecified atom stereocenters. The second kappa shape index (κ2) is 8.58. The second-order valence-electron chi connectivity index (χ2n) is 5.72. The standard InChI is InChI=1S/C19H21ClN4O2/c1-25-18-8-5-14(10-19(18)26-2)4-3-9-22-16-11-15(20)6-7-17(16)24-13-21-12-23-24/h5-8,10-13,22H,3-4,9H2,1-2H3. The molecule has 6 nitrogen and oxygen atoms in total. The van der Waals surface area contributed by atoms with E-state index in [2.05, 4.69) is 21.5 Å². The van der Waals surface area contributed by atoms with Gasteiger partial charge in [-0.3, -0.25) is 0 Å². The number of ether oxygens (including phenoxy) is 2. The average Bonchev–Trinajstić information content (AvgIpc) is 3.19. The maximum Gasteiger partial charge on any atom is 0.160 e. The minimum atomic E-state index is 0.677. The van der Waals surface area contributed by atoms with Gasteiger partial charge < -0.3 is 14.8 Å². The molecule has 0 fully saturated rings. The van der Waals surface area contributed by atoms with E-state index in [4.69, 9.17) is 21.1 Å². The molecular weight excluding hydrogens is 352 g/mol. The quantitative estimate of drug-likeness (QED) is 0.606. The third-order valence-corrected chi connectivity index (χ3v) is 4.26. The Morgan fingerprint density at radius 1 is 1.08 bits per heavy atom. The molecule has 1 aromatic heterocycles. The molecule has 0 amide bonds. The van der Waals surface area contributed by atoms with Crippen LogP contribution in [-0.2, 0) is 6.42 Å². The van der Waals surface area contributed by atoms with E-state index in [1.807, 2.05) is 30.3 Å². The van der Waals surface area contributed by atoms with E-state index in [-0.39, 0.29) is 0 Å². The molecule has 0 aliphatic rings. The van der Waals surface area contributed by atoms with Crippen LogP contribution in [0, 0.1) is 0 Å². The Labute approximate surface area is 157 Å². The van der Waals surface area contributed by atoms with E-state index in [0.717, 1.165) is 42.3 Å². The molecule has 0 spiro atoms. The maximum atomic E-state index is 6.14. The van der Waals surface area contributed by atoms with Gasteiger partial charge in [0.05, 0.1) is 25.6 Å². The number of benzene rings is 2. The number of aromatic nitrogens is 3. The van der Waals surface area contributed by atoms with E-state index >= 15 is 0 Å². The van der Waals surface area contributed by atoms with Crippen molar-refractivity contribution in [1.82, 2.24) is 14.8 Å². The van der Waals surface area contributed by atoms with Crippen LogP contribution in [0.1, 0.15) is 12.0 Å². The maximum absolute atomic E-state index is 6.14. The van der Waals surface area contributed by atoms with Gasteiger partial charge in [0.2, 0.25) is 0 Å². The molecule has 0 saturated carbocycles. The van der Waals surface area contributed by atoms with E-state index in [1.165, 1.54) is 11.9 Å². The normalized spacial score (nSPS) is 10.6. The van der Waals surface area contributed by atoms with Crippen molar-refractivity contribution < 1.29 is 9.47 Å². The summed E-state index contributed by atoms with van der Waals surface area (Å²) in [5.74, 6) is 1.49. The average molecular weight is 373 g/mol. The fourth-order valence-corrected chi connectivity index (χ4v) is 2.91. The van der Waals surface area contributed by atoms with Crippen LogP contribution in [0.15, 0.2) is 49.1 Å². The lowest BCUT2D eigenvalue weighted by Crippen LogP contribution is -2.07. The number of nitrogens with one attached hydrogen (secondary N) is 1. The summed E-state index contributed by atoms with van der Waals surface area (Å²) in [6, 6.07) is 11.7. The van der Waals surface area contributed by atoms with Gasteiger partial charge >= 0.3 is 0 Å². The summed E-state index contributed by atoms with van der Waals surface area (Å²) >= 11 is 6.14. The molecule has 0 atom stereocenters. The van der Waals surface area contributed by atoms with Crippen LogP contribution >= 0.6 is 11.6 Å². The van der Waals surface area contributed by atoms with Crippen molar-refractivity contribution in [3.63, 3.8) is 0 Å². The lowest BCUT2D eigenvalue weighted by Gasteiger charge is -2.13. The molecule has 26 heavy (non-hydrogen) atoms. The van der Waals surface area contributed by atoms with Crippen molar-refractivity contribution in [1.29, 1.82) is 0 Å². The van der Waals surface area contributed by atoms with Crippen molar-refractivity contribution in [2.24, 2.45) is 0 Å². The molecule has 7 heteroatoms. The summed E-state index contributed by atoms with van der Waals surface area (Å²) in [5.41, 5.74) is 3.04. The molecule has 1 N–H and O–H groups in total. The van der Waals surface area contributed by atoms with Crippen LogP contribution in [-0.4, -0.2) is 35.5 Å². The minimum absolute atomic E-state index is 0.677. The number of nitrogens with zero attached hydrogens (tertiary/aromatic N) is 3. The number of aryl methyl sites for hydroxylation is 1. The van der Waals surface area contributed by atoms with Gasteiger partial charge in [-0.1, -0.05) is 17.7 Å². The monoisotopic (exact) mass is 372 g/mol. The van der Waals surface area contributed by atoms with Crippen LogP contribution in [0.5, 0.6) is 11.5 Å². The Bertz CT molecular complexity index is 853. The van der Waals surface area contributed by atoms with Gasteiger partial charge in [-0.25, -0.2) is 9.67 Å². The Morgan fingerprint density at radius 3 is 2.65 bits per heavy atom. The third-order valence-electron chi connectivity index (χ3n) is 4.03. The van der Waals surface area contributed by atoms with Crippen LogP contribution in [0.25, 0.3) is 5.69 Å². The molecule has 0 radical (unpaired) electrons. The van der Waals surface area contributed by atoms with E-state index in [1.54, 1.807) is 25.2 Å². The molecule has 0 bridgehead atoms. The molecule has 2 aromatic carbocycles. The first-order valence-electron chi connectivity index (χ1n) is 8.30. The SMILES string of the molecule is COc1ccc(CCCNc2cc(Cl)ccc2-n2cncn2)cc1OC. The fraction of sp³-hybridized carbons (Fsp3) is 0.263. The van der Waals surface area contributed by atoms with Gasteiger partial charge in [-0.15, -0.1) is 0 Å². The summed E-state index contributed by atoms with van der Waals surface area (Å²) in [6.45, 7) is 0.802. The van der Waals surface area contributed by atoms with Gasteiger partial charge in [0, 0.05) is 11.6 Å². The van der Waals surface area contributed by atoms with Gasteiger partial charge in [0.1, 0.15) is 12.7 Å². The van der Waals surface area contributed by atoms with Crippen LogP contribution in [0.3, 0.4) is 0 Å². The predicted octanol–water partition coefficient (Wildman–Crippen LogP) is 3.98. The van der Waals surface area contributed by atoms with Crippen molar-refractivity contribution >= 4 is 17.3 Å². The molecule has 0 saturated heterocycles. The molecule has 3 aromatic rings. The van der Waals surface area contributed by atoms with Gasteiger partial charge in [0.15, 0.2) is 11.5 Å². The van der Waals surface area contributed by atoms with Crippen LogP contribution < -0.4 is 14.8 Å². The minimum Gasteiger partial charge on any atom is -0.493 e. The third kappa shape index (κ3) is 4.26. The molecule has 3 rings (SSSR count). The van der Waals surface area contributed by atoms with E-state index in [0.29, 0.717) is 5.02 Å². The summed E-state index contributed by atoms with van der Waals surface area (Å²) in [6.07, 6.45) is 5.05. The first-order chi connectivity index (χ1) is 12.7. The van der Waals surface area contributed by atoms with Gasteiger partial charge in [-0.05, 0) is 48.7 Å². The van der Waals surface area contributed by atoms with Crippen LogP contribution in [0.4, 0.5) is 5.69 Å². The molecular formula is C19H21ClN4O2. The number of methoxy groups -OCH3 is 2. The Kier molecular flexibility index (Phi) is 5.96. The van der Waals surface area contributed by atoms with Crippen molar-refractivity contribution in [3.8, 4) is 17.2 Å². The summed E-state index contributed by atoms with van der Waals surface area (Å²) in [7, 11) is 3.28. The Balaban J connectivity index is 1.61. The Hall–Kier alpha value is -2.73. The highest BCUT2D eigenvalue weighted by Crippen LogP contribution is 2.28. The van der Waals surface area contributed by atoms with Crippen molar-refractivity contribution in [3.05, 3.63) is 59.6 Å². The number of anilines is 1. The summed E-state index contributed by atoms with van der Waals surface area (Å²) in [4.78, 5) is 4.00. The van der Waals surface area contributed by atoms with Gasteiger partial charge in [-0.2, -0.15) is 5.10 Å². The molecule has 0 aliphatic carbocycles. The number of hydrogen-bond acceptors (Lipinski definition) is 5. The lowest BCUT2D eigenvalue weighted by molar-refractivity contribution is 0.354. The zero-order valence-corrected chi connectivity index (χ0v) is 15.5. The highest BCUT2D eigenvalue weighted by molar-refractivity contribution is 6.31. The number of hydrogen-bond donors (Lipinski definition) is 1. The zero-order chi connectivity index (χ0) is 18.4. The lowest BCUT2D eigenvalue weighted by atomic mass is 10.1. The van der Waals surface area contributed by atoms with Crippen molar-refractivity contribution in [2.75, 3.05) is 26.1 Å². The molecule has 136 valence electrons. The fourth-order valence-electron chi connectivity index (χ4n) is 2.73. The smallest absolute Gasteiger partial charge is 0.160 e. The van der Waals surface area contributed by atoms with Gasteiger partial charge in [0.25, 0.3) is 0 Å².